The number of allylic oxidation sites excluding steroid dienone is 1. The summed E-state index contributed by atoms with van der Waals surface area (Å²) >= 11 is 0. The average molecular weight is 264 g/mol. The highest BCUT2D eigenvalue weighted by Gasteiger charge is 2.48. The summed E-state index contributed by atoms with van der Waals surface area (Å²) in [6.45, 7) is 6.03. The molecule has 0 aromatic heterocycles. The molecule has 2 nitrogen and oxygen atoms in total. The molecule has 0 saturated carbocycles. The van der Waals surface area contributed by atoms with Gasteiger partial charge >= 0.3 is 0 Å². The van der Waals surface area contributed by atoms with Crippen molar-refractivity contribution >= 4 is 0 Å². The summed E-state index contributed by atoms with van der Waals surface area (Å²) in [5.41, 5.74) is 2.08. The van der Waals surface area contributed by atoms with Crippen molar-refractivity contribution in [3.63, 3.8) is 0 Å². The van der Waals surface area contributed by atoms with E-state index in [9.17, 15) is 10.5 Å². The third-order valence-corrected chi connectivity index (χ3v) is 4.76. The summed E-state index contributed by atoms with van der Waals surface area (Å²) in [4.78, 5) is 0. The fourth-order valence-electron chi connectivity index (χ4n) is 3.85. The van der Waals surface area contributed by atoms with Crippen LogP contribution in [0.25, 0.3) is 0 Å². The van der Waals surface area contributed by atoms with Crippen molar-refractivity contribution in [3.05, 3.63) is 48.0 Å². The van der Waals surface area contributed by atoms with Crippen LogP contribution in [-0.4, -0.2) is 0 Å². The van der Waals surface area contributed by atoms with Gasteiger partial charge in [-0.3, -0.25) is 0 Å². The van der Waals surface area contributed by atoms with Crippen LogP contribution in [0.2, 0.25) is 0 Å². The van der Waals surface area contributed by atoms with Gasteiger partial charge in [0.25, 0.3) is 0 Å². The van der Waals surface area contributed by atoms with Gasteiger partial charge < -0.3 is 0 Å². The van der Waals surface area contributed by atoms with Crippen molar-refractivity contribution in [1.29, 1.82) is 10.5 Å². The first-order valence-electron chi connectivity index (χ1n) is 7.23. The van der Waals surface area contributed by atoms with Crippen molar-refractivity contribution in [2.75, 3.05) is 0 Å². The van der Waals surface area contributed by atoms with E-state index in [4.69, 9.17) is 0 Å². The minimum Gasteiger partial charge on any atom is -0.197 e. The molecule has 102 valence electrons. The van der Waals surface area contributed by atoms with Gasteiger partial charge in [-0.2, -0.15) is 10.5 Å². The lowest BCUT2D eigenvalue weighted by molar-refractivity contribution is 0.198. The molecular formula is C18H20N2. The normalized spacial score (nSPS) is 24.5. The predicted molar refractivity (Wildman–Crippen MR) is 79.8 cm³/mol. The number of aryl methyl sites for hydroxylation is 1. The molecule has 0 spiro atoms. The van der Waals surface area contributed by atoms with Crippen LogP contribution in [0.1, 0.15) is 37.3 Å². The molecule has 1 aliphatic carbocycles. The van der Waals surface area contributed by atoms with E-state index >= 15 is 0 Å². The number of hydrogen-bond donors (Lipinski definition) is 0. The minimum atomic E-state index is -0.619. The zero-order chi connectivity index (χ0) is 14.6. The summed E-state index contributed by atoms with van der Waals surface area (Å²) in [6.07, 6.45) is 5.63. The van der Waals surface area contributed by atoms with Crippen LogP contribution in [0.5, 0.6) is 0 Å². The first-order valence-corrected chi connectivity index (χ1v) is 7.23. The second-order valence-corrected chi connectivity index (χ2v) is 5.53. The summed E-state index contributed by atoms with van der Waals surface area (Å²) in [5.74, 6) is -0.258. The Morgan fingerprint density at radius 3 is 2.70 bits per heavy atom. The Morgan fingerprint density at radius 2 is 2.10 bits per heavy atom. The third-order valence-electron chi connectivity index (χ3n) is 4.76. The van der Waals surface area contributed by atoms with Crippen molar-refractivity contribution in [1.82, 2.24) is 0 Å². The molecule has 1 aromatic carbocycles. The SMILES string of the molecule is C=CC[C@@]1(C(C#N)C#N)c2ccccc2CCC1CC. The lowest BCUT2D eigenvalue weighted by Gasteiger charge is -2.46. The van der Waals surface area contributed by atoms with Gasteiger partial charge in [-0.1, -0.05) is 43.7 Å². The number of rotatable bonds is 4. The molecule has 2 rings (SSSR count). The molecular weight excluding hydrogens is 244 g/mol. The van der Waals surface area contributed by atoms with Gasteiger partial charge in [0.2, 0.25) is 0 Å². The molecule has 0 radical (unpaired) electrons. The van der Waals surface area contributed by atoms with Crippen molar-refractivity contribution in [3.8, 4) is 12.1 Å². The van der Waals surface area contributed by atoms with Crippen LogP contribution in [0.4, 0.5) is 0 Å². The average Bonchev–Trinajstić information content (AvgIpc) is 2.49. The Kier molecular flexibility index (Phi) is 4.26. The second-order valence-electron chi connectivity index (χ2n) is 5.53. The lowest BCUT2D eigenvalue weighted by Crippen LogP contribution is -2.44. The van der Waals surface area contributed by atoms with Crippen LogP contribution >= 0.6 is 0 Å². The van der Waals surface area contributed by atoms with Crippen molar-refractivity contribution in [2.45, 2.75) is 38.0 Å². The number of nitrogens with zero attached hydrogens (tertiary/aromatic N) is 2. The van der Waals surface area contributed by atoms with Gasteiger partial charge in [0.15, 0.2) is 0 Å². The van der Waals surface area contributed by atoms with E-state index in [0.717, 1.165) is 19.3 Å². The Balaban J connectivity index is 2.70. The van der Waals surface area contributed by atoms with Crippen molar-refractivity contribution in [2.24, 2.45) is 11.8 Å². The highest BCUT2D eigenvalue weighted by atomic mass is 14.5. The van der Waals surface area contributed by atoms with E-state index in [1.54, 1.807) is 0 Å². The van der Waals surface area contributed by atoms with E-state index < -0.39 is 11.3 Å². The third kappa shape index (κ3) is 2.02. The molecule has 0 aliphatic heterocycles. The first kappa shape index (κ1) is 14.4. The Morgan fingerprint density at radius 1 is 1.40 bits per heavy atom. The monoisotopic (exact) mass is 264 g/mol. The Labute approximate surface area is 121 Å². The Hall–Kier alpha value is -2.06. The van der Waals surface area contributed by atoms with E-state index in [1.165, 1.54) is 11.1 Å². The van der Waals surface area contributed by atoms with Gasteiger partial charge in [-0.05, 0) is 36.3 Å². The van der Waals surface area contributed by atoms with Gasteiger partial charge in [-0.25, -0.2) is 0 Å². The molecule has 20 heavy (non-hydrogen) atoms. The molecule has 0 amide bonds. The maximum absolute atomic E-state index is 9.50. The largest absolute Gasteiger partial charge is 0.197 e. The van der Waals surface area contributed by atoms with Gasteiger partial charge in [-0.15, -0.1) is 6.58 Å². The highest BCUT2D eigenvalue weighted by molar-refractivity contribution is 5.42. The van der Waals surface area contributed by atoms with Crippen LogP contribution < -0.4 is 0 Å². The summed E-state index contributed by atoms with van der Waals surface area (Å²) < 4.78 is 0. The van der Waals surface area contributed by atoms with E-state index in [1.807, 2.05) is 18.2 Å². The zero-order valence-electron chi connectivity index (χ0n) is 12.0. The van der Waals surface area contributed by atoms with Crippen LogP contribution in [0.3, 0.4) is 0 Å². The molecule has 1 aliphatic rings. The van der Waals surface area contributed by atoms with E-state index in [-0.39, 0.29) is 0 Å². The molecule has 1 aromatic rings. The van der Waals surface area contributed by atoms with Crippen molar-refractivity contribution < 1.29 is 0 Å². The summed E-state index contributed by atoms with van der Waals surface area (Å²) in [6, 6.07) is 12.8. The number of fused-ring (bicyclic) bond motifs is 1. The van der Waals surface area contributed by atoms with Gasteiger partial charge in [0, 0.05) is 5.41 Å². The molecule has 0 bridgehead atoms. The van der Waals surface area contributed by atoms with E-state index in [2.05, 4.69) is 37.8 Å². The fourth-order valence-corrected chi connectivity index (χ4v) is 3.85. The topological polar surface area (TPSA) is 47.6 Å². The zero-order valence-corrected chi connectivity index (χ0v) is 12.0. The maximum Gasteiger partial charge on any atom is 0.143 e. The minimum absolute atomic E-state index is 0.361. The molecule has 0 heterocycles. The predicted octanol–water partition coefficient (Wildman–Crippen LogP) is 4.14. The standard InChI is InChI=1S/C18H20N2/c1-3-11-18(16(12-19)13-20)15(4-2)10-9-14-7-5-6-8-17(14)18/h3,5-8,15-16H,1,4,9-11H2,2H3/t15?,18-/m1/s1. The smallest absolute Gasteiger partial charge is 0.143 e. The Bertz CT molecular complexity index is 562. The van der Waals surface area contributed by atoms with Crippen LogP contribution in [0, 0.1) is 34.5 Å². The quantitative estimate of drug-likeness (QED) is 0.767. The second kappa shape index (κ2) is 5.93. The molecule has 0 saturated heterocycles. The van der Waals surface area contributed by atoms with Crippen LogP contribution in [0.15, 0.2) is 36.9 Å². The van der Waals surface area contributed by atoms with Gasteiger partial charge in [0.05, 0.1) is 12.1 Å². The summed E-state index contributed by atoms with van der Waals surface area (Å²) in [5, 5.41) is 19.0. The molecule has 2 atom stereocenters. The van der Waals surface area contributed by atoms with Crippen LogP contribution in [-0.2, 0) is 11.8 Å². The van der Waals surface area contributed by atoms with Gasteiger partial charge in [0.1, 0.15) is 5.92 Å². The number of nitriles is 2. The maximum atomic E-state index is 9.50. The molecule has 1 unspecified atom stereocenters. The lowest BCUT2D eigenvalue weighted by atomic mass is 9.55. The molecule has 0 fully saturated rings. The molecule has 2 heteroatoms. The first-order chi connectivity index (χ1) is 9.74. The highest BCUT2D eigenvalue weighted by Crippen LogP contribution is 2.50. The number of hydrogen-bond acceptors (Lipinski definition) is 2. The number of benzene rings is 1. The molecule has 0 N–H and O–H groups in total. The summed E-state index contributed by atoms with van der Waals surface area (Å²) in [7, 11) is 0. The fraction of sp³-hybridized carbons (Fsp3) is 0.444. The van der Waals surface area contributed by atoms with E-state index in [0.29, 0.717) is 12.3 Å².